The van der Waals surface area contributed by atoms with E-state index in [0.717, 1.165) is 12.6 Å². The fourth-order valence-corrected chi connectivity index (χ4v) is 2.10. The largest absolute Gasteiger partial charge is 0.456 e. The van der Waals surface area contributed by atoms with Crippen LogP contribution in [-0.2, 0) is 0 Å². The van der Waals surface area contributed by atoms with Crippen LogP contribution in [0.4, 0.5) is 8.78 Å². The molecule has 0 fully saturated rings. The minimum Gasteiger partial charge on any atom is -0.456 e. The van der Waals surface area contributed by atoms with E-state index >= 15 is 0 Å². The summed E-state index contributed by atoms with van der Waals surface area (Å²) in [5, 5.41) is 3.87. The van der Waals surface area contributed by atoms with Crippen molar-refractivity contribution < 1.29 is 13.2 Å². The first-order valence-corrected chi connectivity index (χ1v) is 6.15. The van der Waals surface area contributed by atoms with Crippen molar-refractivity contribution in [3.05, 3.63) is 35.6 Å². The van der Waals surface area contributed by atoms with E-state index in [0.29, 0.717) is 17.1 Å². The molecule has 4 heteroatoms. The molecule has 2 aromatic rings. The third kappa shape index (κ3) is 2.25. The first-order valence-electron chi connectivity index (χ1n) is 6.15. The molecule has 0 aliphatic carbocycles. The number of halogens is 2. The van der Waals surface area contributed by atoms with Crippen molar-refractivity contribution in [1.29, 1.82) is 0 Å². The van der Waals surface area contributed by atoms with Crippen LogP contribution in [-0.4, -0.2) is 6.54 Å². The highest BCUT2D eigenvalue weighted by Gasteiger charge is 2.21. The average molecular weight is 253 g/mol. The van der Waals surface area contributed by atoms with Crippen molar-refractivity contribution in [2.75, 3.05) is 6.54 Å². The Morgan fingerprint density at radius 2 is 2.00 bits per heavy atom. The molecule has 0 saturated carbocycles. The van der Waals surface area contributed by atoms with Crippen molar-refractivity contribution in [3.8, 4) is 0 Å². The maximum Gasteiger partial charge on any atom is 0.201 e. The predicted molar refractivity (Wildman–Crippen MR) is 67.4 cm³/mol. The Kier molecular flexibility index (Phi) is 3.66. The lowest BCUT2D eigenvalue weighted by Gasteiger charge is -2.18. The summed E-state index contributed by atoms with van der Waals surface area (Å²) in [5.41, 5.74) is -0.00597. The van der Waals surface area contributed by atoms with Gasteiger partial charge in [0.25, 0.3) is 0 Å². The first kappa shape index (κ1) is 13.0. The minimum atomic E-state index is -0.919. The molecule has 0 saturated heterocycles. The summed E-state index contributed by atoms with van der Waals surface area (Å²) in [7, 11) is 0. The fraction of sp³-hybridized carbons (Fsp3) is 0.429. The lowest BCUT2D eigenvalue weighted by molar-refractivity contribution is 0.353. The van der Waals surface area contributed by atoms with Gasteiger partial charge in [0.1, 0.15) is 5.76 Å². The van der Waals surface area contributed by atoms with E-state index < -0.39 is 11.6 Å². The van der Waals surface area contributed by atoms with Gasteiger partial charge in [-0.3, -0.25) is 0 Å². The highest BCUT2D eigenvalue weighted by atomic mass is 19.2. The van der Waals surface area contributed by atoms with E-state index in [4.69, 9.17) is 4.42 Å². The number of furan rings is 1. The van der Waals surface area contributed by atoms with Crippen LogP contribution in [0.1, 0.15) is 32.6 Å². The lowest BCUT2D eigenvalue weighted by atomic mass is 10.0. The number of benzene rings is 1. The summed E-state index contributed by atoms with van der Waals surface area (Å²) >= 11 is 0. The quantitative estimate of drug-likeness (QED) is 0.890. The monoisotopic (exact) mass is 253 g/mol. The predicted octanol–water partition coefficient (Wildman–Crippen LogP) is 4.02. The molecule has 0 bridgehead atoms. The van der Waals surface area contributed by atoms with Crippen LogP contribution in [0.2, 0.25) is 0 Å². The molecule has 1 aromatic heterocycles. The van der Waals surface area contributed by atoms with Gasteiger partial charge in [-0.15, -0.1) is 0 Å². The van der Waals surface area contributed by atoms with Crippen LogP contribution in [0.3, 0.4) is 0 Å². The number of rotatable bonds is 4. The van der Waals surface area contributed by atoms with Gasteiger partial charge in [-0.2, -0.15) is 4.39 Å². The Morgan fingerprint density at radius 3 is 2.61 bits per heavy atom. The van der Waals surface area contributed by atoms with Crippen LogP contribution in [0.5, 0.6) is 0 Å². The number of hydrogen-bond acceptors (Lipinski definition) is 2. The topological polar surface area (TPSA) is 25.2 Å². The van der Waals surface area contributed by atoms with Crippen LogP contribution >= 0.6 is 0 Å². The van der Waals surface area contributed by atoms with Crippen LogP contribution in [0, 0.1) is 17.6 Å². The lowest BCUT2D eigenvalue weighted by Crippen LogP contribution is -2.24. The Labute approximate surface area is 105 Å². The van der Waals surface area contributed by atoms with Gasteiger partial charge < -0.3 is 9.73 Å². The van der Waals surface area contributed by atoms with Crippen molar-refractivity contribution in [1.82, 2.24) is 5.32 Å². The van der Waals surface area contributed by atoms with E-state index in [-0.39, 0.29) is 11.6 Å². The Bertz CT molecular complexity index is 548. The van der Waals surface area contributed by atoms with Crippen molar-refractivity contribution in [2.24, 2.45) is 5.92 Å². The molecular formula is C14H17F2NO. The molecule has 1 aromatic carbocycles. The maximum absolute atomic E-state index is 13.6. The molecular weight excluding hydrogens is 236 g/mol. The highest BCUT2D eigenvalue weighted by Crippen LogP contribution is 2.30. The Morgan fingerprint density at radius 1 is 1.28 bits per heavy atom. The van der Waals surface area contributed by atoms with Gasteiger partial charge in [0.2, 0.25) is 5.82 Å². The van der Waals surface area contributed by atoms with Crippen LogP contribution in [0.25, 0.3) is 11.0 Å². The van der Waals surface area contributed by atoms with E-state index in [9.17, 15) is 8.78 Å². The molecule has 0 spiro atoms. The van der Waals surface area contributed by atoms with Crippen molar-refractivity contribution >= 4 is 11.0 Å². The second-order valence-corrected chi connectivity index (χ2v) is 4.71. The zero-order valence-electron chi connectivity index (χ0n) is 10.8. The maximum atomic E-state index is 13.6. The van der Waals surface area contributed by atoms with Gasteiger partial charge in [-0.05, 0) is 30.7 Å². The summed E-state index contributed by atoms with van der Waals surface area (Å²) in [4.78, 5) is 0. The summed E-state index contributed by atoms with van der Waals surface area (Å²) in [6, 6.07) is 4.42. The SMILES string of the molecule is CCNC(c1cc2ccc(F)c(F)c2o1)C(C)C. The number of fused-ring (bicyclic) bond motifs is 1. The van der Waals surface area contributed by atoms with Crippen molar-refractivity contribution in [2.45, 2.75) is 26.8 Å². The first-order chi connectivity index (χ1) is 8.54. The smallest absolute Gasteiger partial charge is 0.201 e. The molecule has 1 N–H and O–H groups in total. The van der Waals surface area contributed by atoms with E-state index in [1.165, 1.54) is 6.07 Å². The Balaban J connectivity index is 2.48. The molecule has 1 atom stereocenters. The molecule has 0 radical (unpaired) electrons. The molecule has 2 rings (SSSR count). The number of nitrogens with one attached hydrogen (secondary N) is 1. The third-order valence-electron chi connectivity index (χ3n) is 3.00. The van der Waals surface area contributed by atoms with Gasteiger partial charge in [-0.25, -0.2) is 4.39 Å². The summed E-state index contributed by atoms with van der Waals surface area (Å²) in [5.74, 6) is -0.851. The zero-order chi connectivity index (χ0) is 13.3. The second-order valence-electron chi connectivity index (χ2n) is 4.71. The van der Waals surface area contributed by atoms with Crippen LogP contribution in [0.15, 0.2) is 22.6 Å². The van der Waals surface area contributed by atoms with E-state index in [2.05, 4.69) is 19.2 Å². The molecule has 18 heavy (non-hydrogen) atoms. The minimum absolute atomic E-state index is 0.00450. The van der Waals surface area contributed by atoms with E-state index in [1.807, 2.05) is 6.92 Å². The highest BCUT2D eigenvalue weighted by molar-refractivity contribution is 5.78. The van der Waals surface area contributed by atoms with E-state index in [1.54, 1.807) is 6.07 Å². The fourth-order valence-electron chi connectivity index (χ4n) is 2.10. The molecule has 1 heterocycles. The number of hydrogen-bond donors (Lipinski definition) is 1. The average Bonchev–Trinajstić information content (AvgIpc) is 2.75. The molecule has 0 amide bonds. The van der Waals surface area contributed by atoms with Gasteiger partial charge in [0.15, 0.2) is 11.4 Å². The van der Waals surface area contributed by atoms with Crippen LogP contribution < -0.4 is 5.32 Å². The zero-order valence-corrected chi connectivity index (χ0v) is 10.8. The summed E-state index contributed by atoms with van der Waals surface area (Å²) < 4.78 is 32.2. The van der Waals surface area contributed by atoms with Gasteiger partial charge in [0.05, 0.1) is 6.04 Å². The molecule has 0 aliphatic rings. The summed E-state index contributed by atoms with van der Waals surface area (Å²) in [6.07, 6.45) is 0. The molecule has 98 valence electrons. The standard InChI is InChI=1S/C14H17F2NO/c1-4-17-13(8(2)3)11-7-9-5-6-10(15)12(16)14(9)18-11/h5-8,13,17H,4H2,1-3H3. The molecule has 2 nitrogen and oxygen atoms in total. The molecule has 1 unspecified atom stereocenters. The second kappa shape index (κ2) is 5.06. The van der Waals surface area contributed by atoms with Crippen molar-refractivity contribution in [3.63, 3.8) is 0 Å². The Hall–Kier alpha value is -1.42. The third-order valence-corrected chi connectivity index (χ3v) is 3.00. The van der Waals surface area contributed by atoms with Gasteiger partial charge in [0, 0.05) is 5.39 Å². The summed E-state index contributed by atoms with van der Waals surface area (Å²) in [6.45, 7) is 6.89. The van der Waals surface area contributed by atoms with Gasteiger partial charge >= 0.3 is 0 Å². The molecule has 0 aliphatic heterocycles. The van der Waals surface area contributed by atoms with Gasteiger partial charge in [-0.1, -0.05) is 20.8 Å². The normalized spacial score (nSPS) is 13.4.